The molecule has 0 aromatic rings. The van der Waals surface area contributed by atoms with Crippen LogP contribution in [-0.2, 0) is 4.79 Å². The van der Waals surface area contributed by atoms with Gasteiger partial charge in [-0.2, -0.15) is 8.78 Å². The molecule has 0 aromatic heterocycles. The summed E-state index contributed by atoms with van der Waals surface area (Å²) >= 11 is 0. The number of hydrogen-bond donors (Lipinski definition) is 5. The van der Waals surface area contributed by atoms with E-state index in [1.54, 1.807) is 0 Å². The first kappa shape index (κ1) is 23.2. The van der Waals surface area contributed by atoms with Gasteiger partial charge < -0.3 is 5.32 Å². The molecule has 5 N–H and O–H groups in total. The lowest BCUT2D eigenvalue weighted by Gasteiger charge is -2.44. The fraction of sp³-hybridized carbons (Fsp3) is 0.952. The van der Waals surface area contributed by atoms with Crippen LogP contribution in [0.3, 0.4) is 0 Å². The average Bonchev–Trinajstić information content (AvgIpc) is 3.48. The van der Waals surface area contributed by atoms with E-state index >= 15 is 13.2 Å². The van der Waals surface area contributed by atoms with Crippen molar-refractivity contribution in [1.82, 2.24) is 31.7 Å². The first-order valence-electron chi connectivity index (χ1n) is 11.7. The standard InChI is InChI=1S/C21H37F3N6O/c1-12-9-16(28-17(26-12)13-7-8-13)18(31)27-15-6-4-5-14(10-15)20(2,22)21(23,24)19-29-25-11-30(19)3/h12-17,19,25-26,28-29H,4-11H2,1-3H3,(H,27,31)/t12?,14?,15?,16?,17?,19?,20-/m1/s1. The third kappa shape index (κ3) is 4.73. The topological polar surface area (TPSA) is 80.5 Å². The normalized spacial score (nSPS) is 39.8. The molecular weight excluding hydrogens is 409 g/mol. The smallest absolute Gasteiger partial charge is 0.310 e. The summed E-state index contributed by atoms with van der Waals surface area (Å²) < 4.78 is 46.0. The van der Waals surface area contributed by atoms with E-state index < -0.39 is 23.7 Å². The van der Waals surface area contributed by atoms with Gasteiger partial charge in [0.2, 0.25) is 5.91 Å². The van der Waals surface area contributed by atoms with Crippen LogP contribution in [0, 0.1) is 11.8 Å². The van der Waals surface area contributed by atoms with Crippen LogP contribution in [0.15, 0.2) is 0 Å². The van der Waals surface area contributed by atoms with Crippen LogP contribution >= 0.6 is 0 Å². The van der Waals surface area contributed by atoms with Gasteiger partial charge in [-0.1, -0.05) is 6.42 Å². The second-order valence-corrected chi connectivity index (χ2v) is 10.2. The fourth-order valence-corrected chi connectivity index (χ4v) is 5.44. The van der Waals surface area contributed by atoms with Gasteiger partial charge in [0, 0.05) is 18.0 Å². The van der Waals surface area contributed by atoms with Gasteiger partial charge in [-0.3, -0.25) is 20.3 Å². The van der Waals surface area contributed by atoms with E-state index in [1.165, 1.54) is 24.8 Å². The van der Waals surface area contributed by atoms with Crippen molar-refractivity contribution in [1.29, 1.82) is 0 Å². The lowest BCUT2D eigenvalue weighted by atomic mass is 9.73. The Labute approximate surface area is 182 Å². The quantitative estimate of drug-likeness (QED) is 0.425. The molecule has 2 aliphatic carbocycles. The zero-order chi connectivity index (χ0) is 22.4. The van der Waals surface area contributed by atoms with Crippen molar-refractivity contribution in [3.05, 3.63) is 0 Å². The van der Waals surface area contributed by atoms with Crippen LogP contribution < -0.4 is 26.8 Å². The summed E-state index contributed by atoms with van der Waals surface area (Å²) in [7, 11) is 1.54. The molecule has 10 heteroatoms. The number of halogens is 3. The zero-order valence-corrected chi connectivity index (χ0v) is 18.7. The number of hydrogen-bond acceptors (Lipinski definition) is 6. The van der Waals surface area contributed by atoms with E-state index in [4.69, 9.17) is 0 Å². The SMILES string of the molecule is CC1CC(C(=O)NC2CCCC([C@@](C)(F)C(F)(F)C3NNCN3C)C2)NC(C2CC2)N1. The monoisotopic (exact) mass is 446 g/mol. The number of amides is 1. The summed E-state index contributed by atoms with van der Waals surface area (Å²) in [5, 5.41) is 9.95. The molecule has 0 radical (unpaired) electrons. The molecule has 0 aromatic carbocycles. The molecule has 6 unspecified atom stereocenters. The summed E-state index contributed by atoms with van der Waals surface area (Å²) in [6.07, 6.45) is 3.69. The highest BCUT2D eigenvalue weighted by molar-refractivity contribution is 5.82. The lowest BCUT2D eigenvalue weighted by molar-refractivity contribution is -0.197. The first-order chi connectivity index (χ1) is 14.6. The van der Waals surface area contributed by atoms with E-state index in [2.05, 4.69) is 33.7 Å². The maximum absolute atomic E-state index is 15.7. The Hall–Kier alpha value is -0.940. The maximum atomic E-state index is 15.7. The van der Waals surface area contributed by atoms with Crippen molar-refractivity contribution < 1.29 is 18.0 Å². The highest BCUT2D eigenvalue weighted by atomic mass is 19.3. The van der Waals surface area contributed by atoms with E-state index in [-0.39, 0.29) is 43.3 Å². The molecule has 2 heterocycles. The van der Waals surface area contributed by atoms with Gasteiger partial charge in [0.1, 0.15) is 6.17 Å². The molecule has 178 valence electrons. The Kier molecular flexibility index (Phi) is 6.58. The van der Waals surface area contributed by atoms with Crippen LogP contribution in [0.2, 0.25) is 0 Å². The Morgan fingerprint density at radius 1 is 1.10 bits per heavy atom. The van der Waals surface area contributed by atoms with E-state index in [9.17, 15) is 4.79 Å². The first-order valence-corrected chi connectivity index (χ1v) is 11.7. The molecule has 4 rings (SSSR count). The zero-order valence-electron chi connectivity index (χ0n) is 18.7. The predicted molar refractivity (Wildman–Crippen MR) is 112 cm³/mol. The van der Waals surface area contributed by atoms with Crippen molar-refractivity contribution >= 4 is 5.91 Å². The highest BCUT2D eigenvalue weighted by Gasteiger charge is 2.62. The van der Waals surface area contributed by atoms with Crippen molar-refractivity contribution in [2.75, 3.05) is 13.7 Å². The molecule has 7 nitrogen and oxygen atoms in total. The van der Waals surface area contributed by atoms with Crippen LogP contribution in [0.5, 0.6) is 0 Å². The summed E-state index contributed by atoms with van der Waals surface area (Å²) in [6.45, 7) is 3.32. The molecule has 2 saturated carbocycles. The molecule has 31 heavy (non-hydrogen) atoms. The van der Waals surface area contributed by atoms with Crippen molar-refractivity contribution in [2.45, 2.75) is 101 Å². The number of hydrazine groups is 1. The summed E-state index contributed by atoms with van der Waals surface area (Å²) in [4.78, 5) is 14.3. The van der Waals surface area contributed by atoms with Crippen molar-refractivity contribution in [3.8, 4) is 0 Å². The van der Waals surface area contributed by atoms with Gasteiger partial charge in [-0.05, 0) is 65.3 Å². The second-order valence-electron chi connectivity index (χ2n) is 10.2. The molecule has 0 spiro atoms. The van der Waals surface area contributed by atoms with Crippen molar-refractivity contribution in [3.63, 3.8) is 0 Å². The van der Waals surface area contributed by atoms with Crippen LogP contribution in [0.25, 0.3) is 0 Å². The Morgan fingerprint density at radius 2 is 1.84 bits per heavy atom. The summed E-state index contributed by atoms with van der Waals surface area (Å²) in [6, 6.07) is -0.349. The molecular formula is C21H37F3N6O. The minimum absolute atomic E-state index is 0.0987. The number of rotatable bonds is 6. The third-order valence-corrected chi connectivity index (χ3v) is 7.63. The summed E-state index contributed by atoms with van der Waals surface area (Å²) in [5.74, 6) is -3.93. The number of nitrogens with zero attached hydrogens (tertiary/aromatic N) is 1. The lowest BCUT2D eigenvalue weighted by Crippen LogP contribution is -2.64. The molecule has 4 aliphatic rings. The molecule has 7 atom stereocenters. The van der Waals surface area contributed by atoms with Crippen LogP contribution in [0.1, 0.15) is 58.8 Å². The largest absolute Gasteiger partial charge is 0.352 e. The second kappa shape index (κ2) is 8.78. The van der Waals surface area contributed by atoms with Gasteiger partial charge in [-0.25, -0.2) is 15.2 Å². The van der Waals surface area contributed by atoms with Gasteiger partial charge in [0.05, 0.1) is 18.9 Å². The molecule has 0 bridgehead atoms. The number of alkyl halides is 3. The fourth-order valence-electron chi connectivity index (χ4n) is 5.44. The molecule has 1 amide bonds. The molecule has 2 aliphatic heterocycles. The van der Waals surface area contributed by atoms with E-state index in [1.807, 2.05) is 0 Å². The van der Waals surface area contributed by atoms with Gasteiger partial charge >= 0.3 is 5.92 Å². The summed E-state index contributed by atoms with van der Waals surface area (Å²) in [5.41, 5.74) is 2.47. The molecule has 4 fully saturated rings. The van der Waals surface area contributed by atoms with Crippen LogP contribution in [0.4, 0.5) is 13.2 Å². The Morgan fingerprint density at radius 3 is 2.48 bits per heavy atom. The minimum atomic E-state index is -3.58. The maximum Gasteiger partial charge on any atom is 0.310 e. The van der Waals surface area contributed by atoms with E-state index in [0.29, 0.717) is 31.6 Å². The van der Waals surface area contributed by atoms with Crippen molar-refractivity contribution in [2.24, 2.45) is 11.8 Å². The van der Waals surface area contributed by atoms with E-state index in [0.717, 1.165) is 6.92 Å². The highest BCUT2D eigenvalue weighted by Crippen LogP contribution is 2.47. The van der Waals surface area contributed by atoms with Gasteiger partial charge in [0.15, 0.2) is 5.67 Å². The number of nitrogens with one attached hydrogen (secondary N) is 5. The Bertz CT molecular complexity index is 661. The number of carbonyl (C=O) groups is 1. The van der Waals surface area contributed by atoms with Gasteiger partial charge in [-0.15, -0.1) is 0 Å². The molecule has 2 saturated heterocycles. The van der Waals surface area contributed by atoms with Crippen LogP contribution in [-0.4, -0.2) is 66.6 Å². The number of carbonyl (C=O) groups excluding carboxylic acids is 1. The predicted octanol–water partition coefficient (Wildman–Crippen LogP) is 1.42. The average molecular weight is 447 g/mol. The van der Waals surface area contributed by atoms with Gasteiger partial charge in [0.25, 0.3) is 0 Å². The minimum Gasteiger partial charge on any atom is -0.352 e. The third-order valence-electron chi connectivity index (χ3n) is 7.63. The Balaban J connectivity index is 1.37.